The summed E-state index contributed by atoms with van der Waals surface area (Å²) in [7, 11) is 0. The van der Waals surface area contributed by atoms with E-state index in [0.29, 0.717) is 17.5 Å². The maximum atomic E-state index is 11.3. The van der Waals surface area contributed by atoms with Crippen molar-refractivity contribution in [3.05, 3.63) is 104 Å². The lowest BCUT2D eigenvalue weighted by Gasteiger charge is -2.29. The zero-order valence-electron chi connectivity index (χ0n) is 29.4. The number of anilines is 7. The Morgan fingerprint density at radius 2 is 1.36 bits per heavy atom. The number of nitrogen functional groups attached to an aromatic ring is 1. The van der Waals surface area contributed by atoms with Crippen molar-refractivity contribution in [3.63, 3.8) is 0 Å². The number of nitro benzene ring substituents is 1. The van der Waals surface area contributed by atoms with E-state index in [2.05, 4.69) is 98.7 Å². The Morgan fingerprint density at radius 3 is 2.05 bits per heavy atom. The number of benzene rings is 3. The molecule has 3 aromatic carbocycles. The average Bonchev–Trinajstić information content (AvgIpc) is 3.82. The van der Waals surface area contributed by atoms with Crippen molar-refractivity contribution in [3.8, 4) is 11.1 Å². The summed E-state index contributed by atoms with van der Waals surface area (Å²) in [5, 5.41) is 21.9. The highest BCUT2D eigenvalue weighted by molar-refractivity contribution is 14.1. The van der Waals surface area contributed by atoms with Gasteiger partial charge >= 0.3 is 0 Å². The number of nitrogens with one attached hydrogen (secondary N) is 2. The molecule has 4 N–H and O–H groups in total. The van der Waals surface area contributed by atoms with Crippen LogP contribution >= 0.6 is 45.3 Å². The van der Waals surface area contributed by atoms with Gasteiger partial charge < -0.3 is 35.6 Å². The fourth-order valence-corrected chi connectivity index (χ4v) is 8.83. The van der Waals surface area contributed by atoms with E-state index in [0.717, 1.165) is 99.2 Å². The van der Waals surface area contributed by atoms with Gasteiger partial charge in [0, 0.05) is 71.3 Å². The van der Waals surface area contributed by atoms with Crippen molar-refractivity contribution in [1.82, 2.24) is 19.9 Å². The average molecular weight is 887 g/mol. The molecular weight excluding hydrogens is 852 g/mol. The van der Waals surface area contributed by atoms with Crippen LogP contribution in [0, 0.1) is 13.7 Å². The molecule has 14 nitrogen and oxygen atoms in total. The van der Waals surface area contributed by atoms with E-state index in [-0.39, 0.29) is 11.4 Å². The molecule has 0 unspecified atom stereocenters. The normalized spacial score (nSPS) is 14.4. The van der Waals surface area contributed by atoms with Crippen LogP contribution in [-0.4, -0.2) is 77.5 Å². The molecule has 0 bridgehead atoms. The first-order valence-corrected chi connectivity index (χ1v) is 20.3. The van der Waals surface area contributed by atoms with Gasteiger partial charge in [-0.2, -0.15) is 0 Å². The van der Waals surface area contributed by atoms with Gasteiger partial charge in [0.05, 0.1) is 67.7 Å². The number of ether oxygens (including phenoxy) is 2. The predicted molar refractivity (Wildman–Crippen MR) is 230 cm³/mol. The second kappa shape index (κ2) is 16.7. The van der Waals surface area contributed by atoms with Crippen LogP contribution in [0.1, 0.15) is 0 Å². The molecule has 0 radical (unpaired) electrons. The second-order valence-corrected chi connectivity index (χ2v) is 15.6. The van der Waals surface area contributed by atoms with E-state index in [9.17, 15) is 10.1 Å². The molecule has 0 saturated carbocycles. The number of rotatable bonds is 8. The minimum Gasteiger partial charge on any atom is -0.393 e. The number of thiophene rings is 2. The van der Waals surface area contributed by atoms with E-state index in [1.165, 1.54) is 23.1 Å². The largest absolute Gasteiger partial charge is 0.393 e. The fraction of sp³-hybridized carbons (Fsp3) is 0.211. The van der Waals surface area contributed by atoms with Gasteiger partial charge in [-0.25, -0.2) is 19.9 Å². The molecule has 2 aliphatic heterocycles. The van der Waals surface area contributed by atoms with Crippen LogP contribution in [0.25, 0.3) is 31.6 Å². The lowest BCUT2D eigenvalue weighted by Crippen LogP contribution is -2.36. The third-order valence-electron chi connectivity index (χ3n) is 9.10. The molecule has 2 aliphatic rings. The zero-order chi connectivity index (χ0) is 37.7. The third-order valence-corrected chi connectivity index (χ3v) is 12.2. The van der Waals surface area contributed by atoms with Gasteiger partial charge in [-0.15, -0.1) is 22.7 Å². The summed E-state index contributed by atoms with van der Waals surface area (Å²) in [6.07, 6.45) is 3.63. The third kappa shape index (κ3) is 8.55. The first-order chi connectivity index (χ1) is 26.9. The predicted octanol–water partition coefficient (Wildman–Crippen LogP) is 8.31. The number of aromatic nitrogens is 4. The minimum atomic E-state index is -0.476. The molecule has 6 heterocycles. The maximum Gasteiger partial charge on any atom is 0.292 e. The number of morpholine rings is 2. The van der Waals surface area contributed by atoms with Crippen molar-refractivity contribution in [1.29, 1.82) is 0 Å². The zero-order valence-corrected chi connectivity index (χ0v) is 33.1. The topological polar surface area (TPSA) is 170 Å². The highest BCUT2D eigenvalue weighted by Crippen LogP contribution is 2.36. The van der Waals surface area contributed by atoms with Crippen molar-refractivity contribution in [2.75, 3.05) is 78.8 Å². The molecule has 0 amide bonds. The number of fused-ring (bicyclic) bond motifs is 2. The van der Waals surface area contributed by atoms with E-state index in [4.69, 9.17) is 15.2 Å². The van der Waals surface area contributed by atoms with Crippen LogP contribution in [0.3, 0.4) is 0 Å². The maximum absolute atomic E-state index is 11.3. The highest BCUT2D eigenvalue weighted by atomic mass is 127. The van der Waals surface area contributed by atoms with Gasteiger partial charge in [0.15, 0.2) is 0 Å². The molecule has 0 aliphatic carbocycles. The summed E-state index contributed by atoms with van der Waals surface area (Å²) < 4.78 is 14.0. The summed E-state index contributed by atoms with van der Waals surface area (Å²) in [6, 6.07) is 21.3. The van der Waals surface area contributed by atoms with Crippen LogP contribution in [0.2, 0.25) is 0 Å². The molecule has 0 spiro atoms. The van der Waals surface area contributed by atoms with Gasteiger partial charge in [0.1, 0.15) is 5.69 Å². The Hall–Kier alpha value is -5.21. The summed E-state index contributed by atoms with van der Waals surface area (Å²) in [6.45, 7) is 6.69. The first-order valence-electron chi connectivity index (χ1n) is 17.5. The SMILES string of the molecule is Ic1csc2cnc(Nc3cccc(N4CCOCC4)c3)nc12.Nc1ccc(-c2csc3cnc(Nc4ccc(N5CCOCC5)cc4)nc23)cc1[N+](=O)[O-]. The van der Waals surface area contributed by atoms with Gasteiger partial charge in [-0.3, -0.25) is 10.1 Å². The molecule has 2 fully saturated rings. The van der Waals surface area contributed by atoms with Gasteiger partial charge in [-0.1, -0.05) is 12.1 Å². The molecule has 55 heavy (non-hydrogen) atoms. The van der Waals surface area contributed by atoms with Crippen LogP contribution in [0.5, 0.6) is 0 Å². The second-order valence-electron chi connectivity index (χ2n) is 12.6. The minimum absolute atomic E-state index is 0.116. The summed E-state index contributed by atoms with van der Waals surface area (Å²) in [4.78, 5) is 33.5. The van der Waals surface area contributed by atoms with E-state index >= 15 is 0 Å². The summed E-state index contributed by atoms with van der Waals surface area (Å²) in [5.41, 5.74) is 13.2. The Bertz CT molecular complexity index is 2450. The quantitative estimate of drug-likeness (QED) is 0.0577. The highest BCUT2D eigenvalue weighted by Gasteiger charge is 2.17. The van der Waals surface area contributed by atoms with Crippen LogP contribution < -0.4 is 26.2 Å². The Labute approximate surface area is 337 Å². The summed E-state index contributed by atoms with van der Waals surface area (Å²) >= 11 is 5.47. The molecule has 7 aromatic rings. The Kier molecular flexibility index (Phi) is 11.1. The van der Waals surface area contributed by atoms with E-state index in [1.807, 2.05) is 29.8 Å². The molecule has 17 heteroatoms. The Morgan fingerprint density at radius 1 is 0.745 bits per heavy atom. The number of hydrogen-bond donors (Lipinski definition) is 3. The number of halogens is 1. The van der Waals surface area contributed by atoms with Crippen LogP contribution in [0.15, 0.2) is 89.9 Å². The van der Waals surface area contributed by atoms with E-state index in [1.54, 1.807) is 29.7 Å². The van der Waals surface area contributed by atoms with Gasteiger partial charge in [-0.05, 0) is 76.7 Å². The number of nitrogens with zero attached hydrogens (tertiary/aromatic N) is 7. The molecule has 2 saturated heterocycles. The van der Waals surface area contributed by atoms with Crippen molar-refractivity contribution in [2.45, 2.75) is 0 Å². The smallest absolute Gasteiger partial charge is 0.292 e. The van der Waals surface area contributed by atoms with Gasteiger partial charge in [0.2, 0.25) is 11.9 Å². The molecule has 4 aromatic heterocycles. The van der Waals surface area contributed by atoms with Gasteiger partial charge in [0.25, 0.3) is 5.69 Å². The number of hydrogen-bond acceptors (Lipinski definition) is 15. The monoisotopic (exact) mass is 886 g/mol. The van der Waals surface area contributed by atoms with E-state index < -0.39 is 4.92 Å². The lowest BCUT2D eigenvalue weighted by molar-refractivity contribution is -0.383. The molecule has 280 valence electrons. The standard InChI is InChI=1S/C22H20N6O3S.C16H15IN4OS/c23-18-6-1-14(11-19(18)28(29)30)17-13-32-20-12-24-22(26-21(17)20)25-15-2-4-16(5-3-15)27-7-9-31-10-8-27;17-13-10-23-14-9-18-16(20-15(13)14)19-11-2-1-3-12(8-11)21-4-6-22-7-5-21/h1-6,11-13H,7-10,23H2,(H,24,25,26);1-3,8-10H,4-7H2,(H,18,19,20). The molecule has 0 atom stereocenters. The van der Waals surface area contributed by atoms with Crippen molar-refractivity contribution >= 4 is 112 Å². The first kappa shape index (κ1) is 36.8. The lowest BCUT2D eigenvalue weighted by atomic mass is 10.1. The fourth-order valence-electron chi connectivity index (χ4n) is 6.26. The van der Waals surface area contributed by atoms with Crippen molar-refractivity contribution in [2.24, 2.45) is 0 Å². The summed E-state index contributed by atoms with van der Waals surface area (Å²) in [5.74, 6) is 1.09. The molecular formula is C38H35IN10O4S2. The van der Waals surface area contributed by atoms with Crippen molar-refractivity contribution < 1.29 is 14.4 Å². The van der Waals surface area contributed by atoms with Crippen LogP contribution in [0.4, 0.5) is 46.0 Å². The Balaban J connectivity index is 0.000000164. The number of nitrogens with two attached hydrogens (primary N) is 1. The number of nitro groups is 1. The molecule has 9 rings (SSSR count). The van der Waals surface area contributed by atoms with Crippen LogP contribution in [-0.2, 0) is 9.47 Å².